The number of aliphatic hydroxyl groups excluding tert-OH is 1. The van der Waals surface area contributed by atoms with Gasteiger partial charge >= 0.3 is 0 Å². The van der Waals surface area contributed by atoms with Gasteiger partial charge in [0.25, 0.3) is 5.91 Å². The molecule has 14 heavy (non-hydrogen) atoms. The number of amides is 1. The predicted molar refractivity (Wildman–Crippen MR) is 49.9 cm³/mol. The quantitative estimate of drug-likeness (QED) is 0.738. The van der Waals surface area contributed by atoms with E-state index in [4.69, 9.17) is 9.52 Å². The van der Waals surface area contributed by atoms with Crippen LogP contribution in [0.15, 0.2) is 10.8 Å². The monoisotopic (exact) mass is 198 g/mol. The van der Waals surface area contributed by atoms with Crippen molar-refractivity contribution >= 4 is 5.91 Å². The Morgan fingerprint density at radius 3 is 2.93 bits per heavy atom. The van der Waals surface area contributed by atoms with Crippen LogP contribution in [0.4, 0.5) is 0 Å². The standard InChI is InChI=1S/C9H14N2O3/c1-3-7(4-12)11-9(13)8-6(2)10-5-14-8/h5,7,12H,3-4H2,1-2H3,(H,11,13)/t7-/m0/s1. The summed E-state index contributed by atoms with van der Waals surface area (Å²) in [6.45, 7) is 3.50. The number of aromatic nitrogens is 1. The molecule has 0 bridgehead atoms. The maximum absolute atomic E-state index is 11.5. The van der Waals surface area contributed by atoms with Crippen molar-refractivity contribution in [2.45, 2.75) is 26.3 Å². The number of carbonyl (C=O) groups excluding carboxylic acids is 1. The van der Waals surface area contributed by atoms with Crippen molar-refractivity contribution in [3.8, 4) is 0 Å². The van der Waals surface area contributed by atoms with Crippen LogP contribution in [-0.4, -0.2) is 28.6 Å². The summed E-state index contributed by atoms with van der Waals surface area (Å²) >= 11 is 0. The molecular weight excluding hydrogens is 184 g/mol. The van der Waals surface area contributed by atoms with Gasteiger partial charge in [0.05, 0.1) is 18.3 Å². The molecule has 1 aromatic rings. The first kappa shape index (κ1) is 10.7. The third-order valence-corrected chi connectivity index (χ3v) is 2.00. The molecule has 0 aliphatic carbocycles. The number of aryl methyl sites for hydroxylation is 1. The zero-order valence-electron chi connectivity index (χ0n) is 8.28. The molecule has 0 aliphatic rings. The molecule has 0 radical (unpaired) electrons. The maximum atomic E-state index is 11.5. The lowest BCUT2D eigenvalue weighted by molar-refractivity contribution is 0.0886. The number of rotatable bonds is 4. The van der Waals surface area contributed by atoms with Crippen LogP contribution in [0.2, 0.25) is 0 Å². The lowest BCUT2D eigenvalue weighted by Gasteiger charge is -2.12. The highest BCUT2D eigenvalue weighted by molar-refractivity contribution is 5.92. The fourth-order valence-corrected chi connectivity index (χ4v) is 1.05. The zero-order chi connectivity index (χ0) is 10.6. The van der Waals surface area contributed by atoms with Gasteiger partial charge < -0.3 is 14.8 Å². The van der Waals surface area contributed by atoms with Gasteiger partial charge in [0.1, 0.15) is 0 Å². The minimum atomic E-state index is -0.332. The van der Waals surface area contributed by atoms with Gasteiger partial charge in [-0.25, -0.2) is 4.98 Å². The van der Waals surface area contributed by atoms with E-state index >= 15 is 0 Å². The predicted octanol–water partition coefficient (Wildman–Crippen LogP) is 0.484. The molecule has 0 fully saturated rings. The first-order valence-electron chi connectivity index (χ1n) is 4.50. The molecule has 0 aliphatic heterocycles. The number of oxazole rings is 1. The lowest BCUT2D eigenvalue weighted by atomic mass is 10.2. The summed E-state index contributed by atoms with van der Waals surface area (Å²) in [6.07, 6.45) is 1.90. The first-order chi connectivity index (χ1) is 6.69. The highest BCUT2D eigenvalue weighted by Crippen LogP contribution is 2.05. The number of hydrogen-bond donors (Lipinski definition) is 2. The van der Waals surface area contributed by atoms with E-state index < -0.39 is 0 Å². The van der Waals surface area contributed by atoms with Gasteiger partial charge in [0, 0.05) is 0 Å². The van der Waals surface area contributed by atoms with Crippen molar-refractivity contribution in [2.75, 3.05) is 6.61 Å². The molecule has 1 atom stereocenters. The van der Waals surface area contributed by atoms with E-state index in [1.165, 1.54) is 6.39 Å². The second-order valence-corrected chi connectivity index (χ2v) is 3.03. The second-order valence-electron chi connectivity index (χ2n) is 3.03. The molecule has 0 saturated heterocycles. The summed E-state index contributed by atoms with van der Waals surface area (Å²) < 4.78 is 4.91. The van der Waals surface area contributed by atoms with Gasteiger partial charge in [-0.2, -0.15) is 0 Å². The first-order valence-corrected chi connectivity index (χ1v) is 4.50. The Morgan fingerprint density at radius 2 is 2.50 bits per heavy atom. The summed E-state index contributed by atoms with van der Waals surface area (Å²) in [4.78, 5) is 15.3. The van der Waals surface area contributed by atoms with E-state index in [1.807, 2.05) is 6.92 Å². The highest BCUT2D eigenvalue weighted by atomic mass is 16.3. The van der Waals surface area contributed by atoms with Crippen molar-refractivity contribution in [1.82, 2.24) is 10.3 Å². The average Bonchev–Trinajstić information content (AvgIpc) is 2.60. The normalized spacial score (nSPS) is 12.5. The van der Waals surface area contributed by atoms with Gasteiger partial charge in [-0.3, -0.25) is 4.79 Å². The van der Waals surface area contributed by atoms with Gasteiger partial charge in [-0.05, 0) is 13.3 Å². The number of nitrogens with zero attached hydrogens (tertiary/aromatic N) is 1. The largest absolute Gasteiger partial charge is 0.438 e. The van der Waals surface area contributed by atoms with Crippen molar-refractivity contribution in [3.63, 3.8) is 0 Å². The Balaban J connectivity index is 2.63. The van der Waals surface area contributed by atoms with Crippen molar-refractivity contribution in [1.29, 1.82) is 0 Å². The highest BCUT2D eigenvalue weighted by Gasteiger charge is 2.16. The van der Waals surface area contributed by atoms with E-state index in [1.54, 1.807) is 6.92 Å². The number of carbonyl (C=O) groups is 1. The van der Waals surface area contributed by atoms with Gasteiger partial charge in [-0.1, -0.05) is 6.92 Å². The lowest BCUT2D eigenvalue weighted by Crippen LogP contribution is -2.37. The number of hydrogen-bond acceptors (Lipinski definition) is 4. The number of nitrogens with one attached hydrogen (secondary N) is 1. The van der Waals surface area contributed by atoms with Crippen molar-refractivity contribution in [2.24, 2.45) is 0 Å². The fourth-order valence-electron chi connectivity index (χ4n) is 1.05. The van der Waals surface area contributed by atoms with Crippen LogP contribution < -0.4 is 5.32 Å². The minimum absolute atomic E-state index is 0.0740. The van der Waals surface area contributed by atoms with Crippen LogP contribution in [-0.2, 0) is 0 Å². The zero-order valence-corrected chi connectivity index (χ0v) is 8.28. The second kappa shape index (κ2) is 4.76. The van der Waals surface area contributed by atoms with Gasteiger partial charge in [-0.15, -0.1) is 0 Å². The van der Waals surface area contributed by atoms with E-state index in [9.17, 15) is 4.79 Å². The molecule has 5 nitrogen and oxygen atoms in total. The molecule has 0 spiro atoms. The summed E-state index contributed by atoms with van der Waals surface area (Å²) in [5.41, 5.74) is 0.551. The van der Waals surface area contributed by atoms with Gasteiger partial charge in [0.15, 0.2) is 6.39 Å². The van der Waals surface area contributed by atoms with Crippen molar-refractivity contribution < 1.29 is 14.3 Å². The van der Waals surface area contributed by atoms with E-state index in [-0.39, 0.29) is 24.3 Å². The van der Waals surface area contributed by atoms with Crippen LogP contribution >= 0.6 is 0 Å². The molecule has 2 N–H and O–H groups in total. The summed E-state index contributed by atoms with van der Waals surface area (Å²) in [7, 11) is 0. The van der Waals surface area contributed by atoms with Crippen LogP contribution in [0.5, 0.6) is 0 Å². The fraction of sp³-hybridized carbons (Fsp3) is 0.556. The molecule has 5 heteroatoms. The summed E-state index contributed by atoms with van der Waals surface area (Å²) in [6, 6.07) is -0.230. The van der Waals surface area contributed by atoms with Crippen LogP contribution in [0.25, 0.3) is 0 Å². The molecule has 0 aromatic carbocycles. The Labute approximate surface area is 82.1 Å². The maximum Gasteiger partial charge on any atom is 0.289 e. The van der Waals surface area contributed by atoms with Crippen LogP contribution in [0, 0.1) is 6.92 Å². The topological polar surface area (TPSA) is 75.4 Å². The molecule has 1 aromatic heterocycles. The van der Waals surface area contributed by atoms with E-state index in [0.717, 1.165) is 0 Å². The van der Waals surface area contributed by atoms with Crippen LogP contribution in [0.3, 0.4) is 0 Å². The number of aliphatic hydroxyl groups is 1. The van der Waals surface area contributed by atoms with Crippen LogP contribution in [0.1, 0.15) is 29.6 Å². The summed E-state index contributed by atoms with van der Waals surface area (Å²) in [5, 5.41) is 11.5. The Kier molecular flexibility index (Phi) is 3.64. The van der Waals surface area contributed by atoms with E-state index in [2.05, 4.69) is 10.3 Å². The SMILES string of the molecule is CC[C@@H](CO)NC(=O)c1ocnc1C. The molecule has 1 heterocycles. The Bertz CT molecular complexity index is 305. The Morgan fingerprint density at radius 1 is 1.79 bits per heavy atom. The molecule has 78 valence electrons. The van der Waals surface area contributed by atoms with Crippen molar-refractivity contribution in [3.05, 3.63) is 17.8 Å². The average molecular weight is 198 g/mol. The molecule has 1 rings (SSSR count). The minimum Gasteiger partial charge on any atom is -0.438 e. The van der Waals surface area contributed by atoms with E-state index in [0.29, 0.717) is 12.1 Å². The van der Waals surface area contributed by atoms with Gasteiger partial charge in [0.2, 0.25) is 5.76 Å². The third kappa shape index (κ3) is 2.32. The Hall–Kier alpha value is -1.36. The molecular formula is C9H14N2O3. The third-order valence-electron chi connectivity index (χ3n) is 2.00. The summed E-state index contributed by atoms with van der Waals surface area (Å²) in [5.74, 6) is -0.127. The molecule has 0 unspecified atom stereocenters. The molecule has 1 amide bonds. The smallest absolute Gasteiger partial charge is 0.289 e. The molecule has 0 saturated carbocycles.